The molecule has 0 N–H and O–H groups in total. The molecule has 0 fully saturated rings. The van der Waals surface area contributed by atoms with Gasteiger partial charge >= 0.3 is 0 Å². The molecule has 1 aromatic carbocycles. The molecule has 0 aromatic heterocycles. The molecule has 0 aliphatic heterocycles. The van der Waals surface area contributed by atoms with Crippen molar-refractivity contribution in [3.05, 3.63) is 71.8 Å². The van der Waals surface area contributed by atoms with Crippen LogP contribution in [0.15, 0.2) is 66.3 Å². The van der Waals surface area contributed by atoms with E-state index in [1.807, 2.05) is 0 Å². The van der Waals surface area contributed by atoms with Crippen LogP contribution in [-0.2, 0) is 6.42 Å². The molecule has 0 unspecified atom stereocenters. The Morgan fingerprint density at radius 1 is 0.867 bits per heavy atom. The maximum atomic E-state index is 2.24. The topological polar surface area (TPSA) is 0 Å². The normalized spacial score (nSPS) is 14.8. The molecule has 0 bridgehead atoms. The van der Waals surface area contributed by atoms with E-state index in [0.717, 1.165) is 12.8 Å². The lowest BCUT2D eigenvalue weighted by molar-refractivity contribution is 0.912. The van der Waals surface area contributed by atoms with Crippen LogP contribution in [0.3, 0.4) is 0 Å². The summed E-state index contributed by atoms with van der Waals surface area (Å²) in [7, 11) is 0. The summed E-state index contributed by atoms with van der Waals surface area (Å²) in [5.74, 6) is 0. The van der Waals surface area contributed by atoms with Crippen LogP contribution in [0, 0.1) is 0 Å². The first-order valence-electron chi connectivity index (χ1n) is 5.50. The molecule has 0 saturated heterocycles. The van der Waals surface area contributed by atoms with E-state index in [1.165, 1.54) is 17.6 Å². The Bertz CT molecular complexity index is 380. The van der Waals surface area contributed by atoms with E-state index in [2.05, 4.69) is 60.7 Å². The molecule has 0 heteroatoms. The second kappa shape index (κ2) is 5.35. The highest BCUT2D eigenvalue weighted by atomic mass is 14.0. The van der Waals surface area contributed by atoms with Crippen molar-refractivity contribution in [1.29, 1.82) is 0 Å². The summed E-state index contributed by atoms with van der Waals surface area (Å²) in [4.78, 5) is 0. The second-order valence-corrected chi connectivity index (χ2v) is 3.83. The average Bonchev–Trinajstić information content (AvgIpc) is 2.56. The SMILES string of the molecule is C1=CC=C(CCc2ccccc2)CC=C1. The molecular formula is C15H16. The Labute approximate surface area is 91.6 Å². The van der Waals surface area contributed by atoms with Gasteiger partial charge in [0.1, 0.15) is 0 Å². The van der Waals surface area contributed by atoms with Gasteiger partial charge in [-0.05, 0) is 24.8 Å². The Balaban J connectivity index is 1.91. The van der Waals surface area contributed by atoms with E-state index in [4.69, 9.17) is 0 Å². The molecule has 0 radical (unpaired) electrons. The van der Waals surface area contributed by atoms with Crippen LogP contribution < -0.4 is 0 Å². The minimum absolute atomic E-state index is 1.10. The van der Waals surface area contributed by atoms with Crippen LogP contribution in [0.4, 0.5) is 0 Å². The molecule has 1 aliphatic carbocycles. The lowest BCUT2D eigenvalue weighted by atomic mass is 10.0. The van der Waals surface area contributed by atoms with Crippen LogP contribution in [0.2, 0.25) is 0 Å². The summed E-state index contributed by atoms with van der Waals surface area (Å²) >= 11 is 0. The third kappa shape index (κ3) is 3.25. The fraction of sp³-hybridized carbons (Fsp3) is 0.200. The molecule has 0 heterocycles. The highest BCUT2D eigenvalue weighted by Gasteiger charge is 1.97. The standard InChI is InChI=1S/C15H16/c1-2-5-9-14(8-4-1)12-13-15-10-6-3-7-11-15/h1-8,10-11H,9,12-13H2. The van der Waals surface area contributed by atoms with Gasteiger partial charge in [-0.25, -0.2) is 0 Å². The molecule has 2 rings (SSSR count). The van der Waals surface area contributed by atoms with Crippen molar-refractivity contribution in [3.8, 4) is 0 Å². The summed E-state index contributed by atoms with van der Waals surface area (Å²) in [5.41, 5.74) is 2.94. The van der Waals surface area contributed by atoms with Crippen LogP contribution >= 0.6 is 0 Å². The van der Waals surface area contributed by atoms with E-state index < -0.39 is 0 Å². The van der Waals surface area contributed by atoms with Crippen molar-refractivity contribution in [2.45, 2.75) is 19.3 Å². The summed E-state index contributed by atoms with van der Waals surface area (Å²) in [6, 6.07) is 10.7. The monoisotopic (exact) mass is 196 g/mol. The first kappa shape index (κ1) is 9.97. The molecule has 0 atom stereocenters. The third-order valence-corrected chi connectivity index (χ3v) is 2.65. The summed E-state index contributed by atoms with van der Waals surface area (Å²) < 4.78 is 0. The van der Waals surface area contributed by atoms with Crippen molar-refractivity contribution in [2.24, 2.45) is 0 Å². The first-order valence-corrected chi connectivity index (χ1v) is 5.50. The molecule has 0 saturated carbocycles. The smallest absolute Gasteiger partial charge is 0.0132 e. The van der Waals surface area contributed by atoms with Gasteiger partial charge in [0.15, 0.2) is 0 Å². The minimum Gasteiger partial charge on any atom is -0.0805 e. The molecular weight excluding hydrogens is 180 g/mol. The summed E-state index contributed by atoms with van der Waals surface area (Å²) in [6.45, 7) is 0. The van der Waals surface area contributed by atoms with E-state index in [0.29, 0.717) is 0 Å². The van der Waals surface area contributed by atoms with Crippen molar-refractivity contribution < 1.29 is 0 Å². The maximum Gasteiger partial charge on any atom is -0.0132 e. The number of rotatable bonds is 3. The first-order chi connectivity index (χ1) is 7.45. The molecule has 15 heavy (non-hydrogen) atoms. The summed E-state index contributed by atoms with van der Waals surface area (Å²) in [6.07, 6.45) is 14.2. The zero-order valence-corrected chi connectivity index (χ0v) is 8.89. The Morgan fingerprint density at radius 3 is 2.60 bits per heavy atom. The van der Waals surface area contributed by atoms with Gasteiger partial charge in [-0.15, -0.1) is 0 Å². The largest absolute Gasteiger partial charge is 0.0805 e. The van der Waals surface area contributed by atoms with Gasteiger partial charge < -0.3 is 0 Å². The number of hydrogen-bond acceptors (Lipinski definition) is 0. The Morgan fingerprint density at radius 2 is 1.73 bits per heavy atom. The van der Waals surface area contributed by atoms with Gasteiger partial charge in [-0.3, -0.25) is 0 Å². The number of aryl methyl sites for hydroxylation is 1. The van der Waals surface area contributed by atoms with Gasteiger partial charge in [-0.2, -0.15) is 0 Å². The molecule has 0 nitrogen and oxygen atoms in total. The van der Waals surface area contributed by atoms with Crippen LogP contribution in [0.1, 0.15) is 18.4 Å². The predicted molar refractivity (Wildman–Crippen MR) is 65.7 cm³/mol. The lowest BCUT2D eigenvalue weighted by Gasteiger charge is -2.03. The number of allylic oxidation sites excluding steroid dienone is 6. The average molecular weight is 196 g/mol. The molecule has 1 aromatic rings. The maximum absolute atomic E-state index is 2.24. The van der Waals surface area contributed by atoms with Crippen molar-refractivity contribution >= 4 is 0 Å². The minimum atomic E-state index is 1.10. The third-order valence-electron chi connectivity index (χ3n) is 2.65. The predicted octanol–water partition coefficient (Wildman–Crippen LogP) is 4.06. The lowest BCUT2D eigenvalue weighted by Crippen LogP contribution is -1.88. The van der Waals surface area contributed by atoms with Crippen LogP contribution in [0.25, 0.3) is 0 Å². The van der Waals surface area contributed by atoms with Crippen molar-refractivity contribution in [1.82, 2.24) is 0 Å². The number of benzene rings is 1. The Kier molecular flexibility index (Phi) is 3.56. The van der Waals surface area contributed by atoms with E-state index >= 15 is 0 Å². The summed E-state index contributed by atoms with van der Waals surface area (Å²) in [5, 5.41) is 0. The zero-order valence-electron chi connectivity index (χ0n) is 8.89. The van der Waals surface area contributed by atoms with Crippen LogP contribution in [-0.4, -0.2) is 0 Å². The molecule has 0 amide bonds. The van der Waals surface area contributed by atoms with Gasteiger partial charge in [0, 0.05) is 0 Å². The quantitative estimate of drug-likeness (QED) is 0.683. The molecule has 0 spiro atoms. The van der Waals surface area contributed by atoms with Gasteiger partial charge in [-0.1, -0.05) is 66.3 Å². The van der Waals surface area contributed by atoms with Gasteiger partial charge in [0.2, 0.25) is 0 Å². The number of hydrogen-bond donors (Lipinski definition) is 0. The Hall–Kier alpha value is -1.56. The highest BCUT2D eigenvalue weighted by Crippen LogP contribution is 2.14. The fourth-order valence-corrected chi connectivity index (χ4v) is 1.76. The molecule has 76 valence electrons. The van der Waals surface area contributed by atoms with Gasteiger partial charge in [0.05, 0.1) is 0 Å². The van der Waals surface area contributed by atoms with Gasteiger partial charge in [0.25, 0.3) is 0 Å². The van der Waals surface area contributed by atoms with Crippen LogP contribution in [0.5, 0.6) is 0 Å². The molecule has 1 aliphatic rings. The van der Waals surface area contributed by atoms with Crippen molar-refractivity contribution in [2.75, 3.05) is 0 Å². The fourth-order valence-electron chi connectivity index (χ4n) is 1.76. The zero-order chi connectivity index (χ0) is 10.3. The van der Waals surface area contributed by atoms with Crippen molar-refractivity contribution in [3.63, 3.8) is 0 Å². The van der Waals surface area contributed by atoms with E-state index in [9.17, 15) is 0 Å². The van der Waals surface area contributed by atoms with E-state index in [-0.39, 0.29) is 0 Å². The van der Waals surface area contributed by atoms with E-state index in [1.54, 1.807) is 0 Å². The highest BCUT2D eigenvalue weighted by molar-refractivity contribution is 5.24. The second-order valence-electron chi connectivity index (χ2n) is 3.83.